The molecule has 0 radical (unpaired) electrons. The minimum Gasteiger partial charge on any atom is -0.224 e. The molecule has 0 N–H and O–H groups in total. The number of hydrogen-bond acceptors (Lipinski definition) is 2. The average Bonchev–Trinajstić information content (AvgIpc) is 2.29. The Morgan fingerprint density at radius 1 is 1.45 bits per heavy atom. The van der Waals surface area contributed by atoms with Crippen LogP contribution in [0.25, 0.3) is 0 Å². The van der Waals surface area contributed by atoms with Gasteiger partial charge in [0.2, 0.25) is 0 Å². The lowest BCUT2D eigenvalue weighted by Gasteiger charge is -2.10. The lowest BCUT2D eigenvalue weighted by Crippen LogP contribution is -2.16. The van der Waals surface area contributed by atoms with Crippen LogP contribution in [-0.2, 0) is 9.84 Å². The molecule has 0 fully saturated rings. The SMILES string of the molecule is O=S1(=O)C=CC2=CC=CCC21. The Morgan fingerprint density at radius 2 is 2.27 bits per heavy atom. The quantitative estimate of drug-likeness (QED) is 0.544. The van der Waals surface area contributed by atoms with Gasteiger partial charge in [-0.3, -0.25) is 0 Å². The van der Waals surface area contributed by atoms with E-state index < -0.39 is 9.84 Å². The van der Waals surface area contributed by atoms with Crippen LogP contribution in [0.4, 0.5) is 0 Å². The second-order valence-electron chi connectivity index (χ2n) is 2.71. The molecule has 0 spiro atoms. The smallest absolute Gasteiger partial charge is 0.178 e. The van der Waals surface area contributed by atoms with Crippen molar-refractivity contribution in [1.82, 2.24) is 0 Å². The summed E-state index contributed by atoms with van der Waals surface area (Å²) in [6, 6.07) is 0. The van der Waals surface area contributed by atoms with Crippen molar-refractivity contribution in [2.24, 2.45) is 0 Å². The van der Waals surface area contributed by atoms with E-state index in [2.05, 4.69) is 0 Å². The van der Waals surface area contributed by atoms with Crippen molar-refractivity contribution in [2.75, 3.05) is 0 Å². The summed E-state index contributed by atoms with van der Waals surface area (Å²) in [6.07, 6.45) is 7.95. The maximum Gasteiger partial charge on any atom is 0.178 e. The molecule has 2 rings (SSSR count). The Hall–Kier alpha value is -0.830. The predicted molar refractivity (Wildman–Crippen MR) is 43.7 cm³/mol. The Morgan fingerprint density at radius 3 is 3.00 bits per heavy atom. The first-order valence-electron chi connectivity index (χ1n) is 3.49. The number of hydrogen-bond donors (Lipinski definition) is 0. The first-order chi connectivity index (χ1) is 5.20. The van der Waals surface area contributed by atoms with Crippen molar-refractivity contribution >= 4 is 9.84 Å². The van der Waals surface area contributed by atoms with Crippen molar-refractivity contribution in [3.8, 4) is 0 Å². The molecule has 1 aliphatic carbocycles. The Kier molecular flexibility index (Phi) is 1.29. The summed E-state index contributed by atoms with van der Waals surface area (Å²) in [5, 5.41) is 1.02. The molecule has 1 aliphatic heterocycles. The number of fused-ring (bicyclic) bond motifs is 1. The summed E-state index contributed by atoms with van der Waals surface area (Å²) in [7, 11) is -2.95. The van der Waals surface area contributed by atoms with Crippen LogP contribution in [0.15, 0.2) is 35.3 Å². The molecule has 0 aromatic heterocycles. The Bertz CT molecular complexity index is 358. The second kappa shape index (κ2) is 2.08. The zero-order chi connectivity index (χ0) is 7.90. The Balaban J connectivity index is 2.52. The molecular formula is C8H8O2S. The van der Waals surface area contributed by atoms with E-state index in [9.17, 15) is 8.42 Å². The number of sulfone groups is 1. The van der Waals surface area contributed by atoms with Crippen LogP contribution in [0, 0.1) is 0 Å². The van der Waals surface area contributed by atoms with E-state index in [0.717, 1.165) is 5.57 Å². The molecule has 11 heavy (non-hydrogen) atoms. The monoisotopic (exact) mass is 168 g/mol. The van der Waals surface area contributed by atoms with Crippen LogP contribution in [0.5, 0.6) is 0 Å². The lowest BCUT2D eigenvalue weighted by molar-refractivity contribution is 0.597. The van der Waals surface area contributed by atoms with Crippen LogP contribution >= 0.6 is 0 Å². The molecule has 0 aromatic carbocycles. The van der Waals surface area contributed by atoms with Gasteiger partial charge in [-0.15, -0.1) is 0 Å². The summed E-state index contributed by atoms with van der Waals surface area (Å²) in [5.74, 6) is 0. The molecule has 58 valence electrons. The fourth-order valence-electron chi connectivity index (χ4n) is 1.38. The summed E-state index contributed by atoms with van der Waals surface area (Å²) in [4.78, 5) is 0. The van der Waals surface area contributed by atoms with Gasteiger partial charge in [0.15, 0.2) is 9.84 Å². The fraction of sp³-hybridized carbons (Fsp3) is 0.250. The average molecular weight is 168 g/mol. The maximum absolute atomic E-state index is 11.2. The molecule has 1 atom stereocenters. The molecular weight excluding hydrogens is 160 g/mol. The van der Waals surface area contributed by atoms with Gasteiger partial charge in [-0.1, -0.05) is 18.2 Å². The third-order valence-electron chi connectivity index (χ3n) is 1.99. The van der Waals surface area contributed by atoms with Crippen LogP contribution in [0.1, 0.15) is 6.42 Å². The van der Waals surface area contributed by atoms with E-state index in [0.29, 0.717) is 6.42 Å². The van der Waals surface area contributed by atoms with Gasteiger partial charge in [0.25, 0.3) is 0 Å². The van der Waals surface area contributed by atoms with Gasteiger partial charge < -0.3 is 0 Å². The summed E-state index contributed by atoms with van der Waals surface area (Å²) in [6.45, 7) is 0. The molecule has 0 saturated carbocycles. The minimum absolute atomic E-state index is 0.285. The highest BCUT2D eigenvalue weighted by Crippen LogP contribution is 2.28. The highest BCUT2D eigenvalue weighted by atomic mass is 32.2. The summed E-state index contributed by atoms with van der Waals surface area (Å²) >= 11 is 0. The maximum atomic E-state index is 11.2. The van der Waals surface area contributed by atoms with Gasteiger partial charge in [-0.05, 0) is 18.1 Å². The van der Waals surface area contributed by atoms with Gasteiger partial charge in [-0.2, -0.15) is 0 Å². The van der Waals surface area contributed by atoms with E-state index >= 15 is 0 Å². The fourth-order valence-corrected chi connectivity index (χ4v) is 2.83. The van der Waals surface area contributed by atoms with Crippen LogP contribution in [-0.4, -0.2) is 13.7 Å². The third kappa shape index (κ3) is 0.959. The van der Waals surface area contributed by atoms with E-state index in [1.165, 1.54) is 5.41 Å². The topological polar surface area (TPSA) is 34.1 Å². The van der Waals surface area contributed by atoms with Crippen molar-refractivity contribution in [3.05, 3.63) is 35.3 Å². The van der Waals surface area contributed by atoms with Crippen LogP contribution in [0.3, 0.4) is 0 Å². The molecule has 0 amide bonds. The molecule has 0 aromatic rings. The van der Waals surface area contributed by atoms with Crippen molar-refractivity contribution in [3.63, 3.8) is 0 Å². The first-order valence-corrected chi connectivity index (χ1v) is 5.10. The van der Waals surface area contributed by atoms with Crippen molar-refractivity contribution in [2.45, 2.75) is 11.7 Å². The summed E-state index contributed by atoms with van der Waals surface area (Å²) < 4.78 is 22.5. The van der Waals surface area contributed by atoms with Crippen LogP contribution in [0.2, 0.25) is 0 Å². The van der Waals surface area contributed by atoms with Crippen molar-refractivity contribution < 1.29 is 8.42 Å². The zero-order valence-corrected chi connectivity index (χ0v) is 6.71. The minimum atomic E-state index is -2.95. The van der Waals surface area contributed by atoms with E-state index in [4.69, 9.17) is 0 Å². The van der Waals surface area contributed by atoms with Crippen molar-refractivity contribution in [1.29, 1.82) is 0 Å². The predicted octanol–water partition coefficient (Wildman–Crippen LogP) is 1.18. The number of allylic oxidation sites excluding steroid dienone is 4. The van der Waals surface area contributed by atoms with Gasteiger partial charge in [-0.25, -0.2) is 8.42 Å². The van der Waals surface area contributed by atoms with Gasteiger partial charge in [0, 0.05) is 5.41 Å². The molecule has 1 unspecified atom stereocenters. The van der Waals surface area contributed by atoms with Gasteiger partial charge in [0.05, 0.1) is 5.25 Å². The third-order valence-corrected chi connectivity index (χ3v) is 3.77. The molecule has 2 aliphatic rings. The molecule has 0 bridgehead atoms. The van der Waals surface area contributed by atoms with E-state index in [-0.39, 0.29) is 5.25 Å². The highest BCUT2D eigenvalue weighted by Gasteiger charge is 2.30. The van der Waals surface area contributed by atoms with E-state index in [1.54, 1.807) is 6.08 Å². The van der Waals surface area contributed by atoms with E-state index in [1.807, 2.05) is 18.2 Å². The molecule has 2 nitrogen and oxygen atoms in total. The highest BCUT2D eigenvalue weighted by molar-refractivity contribution is 7.95. The molecule has 3 heteroatoms. The standard InChI is InChI=1S/C8H8O2S/c9-11(10)6-5-7-3-1-2-4-8(7)11/h1-3,5-6,8H,4H2. The Labute approximate surface area is 65.8 Å². The summed E-state index contributed by atoms with van der Waals surface area (Å²) in [5.41, 5.74) is 0.924. The molecule has 0 saturated heterocycles. The second-order valence-corrected chi connectivity index (χ2v) is 4.73. The molecule has 1 heterocycles. The first kappa shape index (κ1) is 6.85. The normalized spacial score (nSPS) is 31.6. The lowest BCUT2D eigenvalue weighted by atomic mass is 10.1. The number of rotatable bonds is 0. The van der Waals surface area contributed by atoms with Gasteiger partial charge >= 0.3 is 0 Å². The van der Waals surface area contributed by atoms with Gasteiger partial charge in [0.1, 0.15) is 0 Å². The van der Waals surface area contributed by atoms with Crippen LogP contribution < -0.4 is 0 Å². The zero-order valence-electron chi connectivity index (χ0n) is 5.90. The largest absolute Gasteiger partial charge is 0.224 e.